The molecule has 0 aliphatic rings. The van der Waals surface area contributed by atoms with Crippen LogP contribution in [-0.2, 0) is 6.42 Å². The van der Waals surface area contributed by atoms with Gasteiger partial charge in [-0.05, 0) is 31.5 Å². The van der Waals surface area contributed by atoms with Crippen LogP contribution in [0.5, 0.6) is 0 Å². The van der Waals surface area contributed by atoms with Crippen LogP contribution in [0.25, 0.3) is 11.3 Å². The zero-order valence-electron chi connectivity index (χ0n) is 9.66. The Morgan fingerprint density at radius 3 is 2.56 bits per heavy atom. The molecule has 16 heavy (non-hydrogen) atoms. The van der Waals surface area contributed by atoms with Crippen molar-refractivity contribution in [2.75, 3.05) is 6.54 Å². The summed E-state index contributed by atoms with van der Waals surface area (Å²) >= 11 is 0. The first-order chi connectivity index (χ1) is 7.72. The third-order valence-corrected chi connectivity index (χ3v) is 2.69. The summed E-state index contributed by atoms with van der Waals surface area (Å²) in [5.74, 6) is 0.847. The normalized spacial score (nSPS) is 10.7. The van der Waals surface area contributed by atoms with Crippen LogP contribution in [0, 0.1) is 13.8 Å². The first-order valence-corrected chi connectivity index (χ1v) is 5.44. The average molecular weight is 216 g/mol. The average Bonchev–Trinajstić information content (AvgIpc) is 2.67. The van der Waals surface area contributed by atoms with Crippen LogP contribution in [0.3, 0.4) is 0 Å². The molecule has 0 spiro atoms. The Hall–Kier alpha value is -1.61. The zero-order chi connectivity index (χ0) is 11.5. The number of benzene rings is 1. The van der Waals surface area contributed by atoms with Crippen LogP contribution in [0.2, 0.25) is 0 Å². The number of hydrogen-bond donors (Lipinski definition) is 1. The van der Waals surface area contributed by atoms with Gasteiger partial charge in [0.15, 0.2) is 0 Å². The summed E-state index contributed by atoms with van der Waals surface area (Å²) in [4.78, 5) is 0. The smallest absolute Gasteiger partial charge is 0.138 e. The van der Waals surface area contributed by atoms with Crippen LogP contribution in [0.1, 0.15) is 16.9 Å². The van der Waals surface area contributed by atoms with Crippen LogP contribution >= 0.6 is 0 Å². The molecule has 0 aliphatic carbocycles. The fourth-order valence-electron chi connectivity index (χ4n) is 1.91. The van der Waals surface area contributed by atoms with Gasteiger partial charge >= 0.3 is 0 Å². The maximum absolute atomic E-state index is 5.48. The van der Waals surface area contributed by atoms with E-state index in [9.17, 15) is 0 Å². The second-order valence-corrected chi connectivity index (χ2v) is 3.98. The van der Waals surface area contributed by atoms with Crippen LogP contribution in [-0.4, -0.2) is 11.7 Å². The maximum atomic E-state index is 5.48. The number of aryl methyl sites for hydroxylation is 2. The summed E-state index contributed by atoms with van der Waals surface area (Å²) in [6.07, 6.45) is 0.734. The largest absolute Gasteiger partial charge is 0.361 e. The van der Waals surface area contributed by atoms with Crippen molar-refractivity contribution in [2.45, 2.75) is 20.3 Å². The maximum Gasteiger partial charge on any atom is 0.138 e. The number of nitrogens with two attached hydrogens (primary N) is 1. The van der Waals surface area contributed by atoms with E-state index in [1.807, 2.05) is 6.07 Å². The Morgan fingerprint density at radius 1 is 1.25 bits per heavy atom. The first kappa shape index (κ1) is 10.9. The van der Waals surface area contributed by atoms with E-state index in [1.165, 1.54) is 11.1 Å². The standard InChI is InChI=1S/C13H16N2O/c1-9-4-3-5-10(2)13(9)12-8-11(6-7-14)16-15-12/h3-5,8H,6-7,14H2,1-2H3. The molecule has 2 N–H and O–H groups in total. The third-order valence-electron chi connectivity index (χ3n) is 2.69. The molecule has 0 atom stereocenters. The predicted octanol–water partition coefficient (Wildman–Crippen LogP) is 2.46. The molecule has 1 heterocycles. The molecule has 0 saturated heterocycles. The Morgan fingerprint density at radius 2 is 1.94 bits per heavy atom. The second-order valence-electron chi connectivity index (χ2n) is 3.98. The van der Waals surface area contributed by atoms with Crippen molar-refractivity contribution < 1.29 is 4.52 Å². The minimum atomic E-state index is 0.585. The van der Waals surface area contributed by atoms with E-state index >= 15 is 0 Å². The van der Waals surface area contributed by atoms with Gasteiger partial charge in [0.2, 0.25) is 0 Å². The monoisotopic (exact) mass is 216 g/mol. The lowest BCUT2D eigenvalue weighted by Gasteiger charge is -2.04. The Labute approximate surface area is 95.3 Å². The first-order valence-electron chi connectivity index (χ1n) is 5.44. The van der Waals surface area contributed by atoms with Gasteiger partial charge in [-0.1, -0.05) is 23.4 Å². The highest BCUT2D eigenvalue weighted by Gasteiger charge is 2.10. The van der Waals surface area contributed by atoms with Crippen LogP contribution < -0.4 is 5.73 Å². The van der Waals surface area contributed by atoms with Gasteiger partial charge in [-0.3, -0.25) is 0 Å². The molecule has 0 fully saturated rings. The van der Waals surface area contributed by atoms with Gasteiger partial charge in [-0.25, -0.2) is 0 Å². The highest BCUT2D eigenvalue weighted by molar-refractivity contribution is 5.67. The van der Waals surface area contributed by atoms with E-state index in [2.05, 4.69) is 37.2 Å². The molecule has 0 amide bonds. The SMILES string of the molecule is Cc1cccc(C)c1-c1cc(CCN)on1. The summed E-state index contributed by atoms with van der Waals surface area (Å²) in [6, 6.07) is 8.19. The van der Waals surface area contributed by atoms with Crippen molar-refractivity contribution in [3.8, 4) is 11.3 Å². The summed E-state index contributed by atoms with van der Waals surface area (Å²) in [6.45, 7) is 4.75. The molecule has 84 valence electrons. The molecule has 0 saturated carbocycles. The van der Waals surface area contributed by atoms with Crippen molar-refractivity contribution in [1.29, 1.82) is 0 Å². The fraction of sp³-hybridized carbons (Fsp3) is 0.308. The minimum absolute atomic E-state index is 0.585. The van der Waals surface area contributed by atoms with Crippen molar-refractivity contribution in [1.82, 2.24) is 5.16 Å². The van der Waals surface area contributed by atoms with Gasteiger partial charge in [-0.15, -0.1) is 0 Å². The molecular weight excluding hydrogens is 200 g/mol. The van der Waals surface area contributed by atoms with Gasteiger partial charge in [0, 0.05) is 18.1 Å². The van der Waals surface area contributed by atoms with E-state index in [1.54, 1.807) is 0 Å². The third kappa shape index (κ3) is 1.99. The van der Waals surface area contributed by atoms with Crippen molar-refractivity contribution >= 4 is 0 Å². The van der Waals surface area contributed by atoms with E-state index in [0.29, 0.717) is 6.54 Å². The minimum Gasteiger partial charge on any atom is -0.361 e. The van der Waals surface area contributed by atoms with Crippen molar-refractivity contribution in [3.05, 3.63) is 41.2 Å². The number of aromatic nitrogens is 1. The molecule has 0 bridgehead atoms. The van der Waals surface area contributed by atoms with E-state index in [4.69, 9.17) is 10.3 Å². The van der Waals surface area contributed by atoms with Gasteiger partial charge in [0.05, 0.1) is 0 Å². The Kier molecular flexibility index (Phi) is 3.06. The van der Waals surface area contributed by atoms with Crippen molar-refractivity contribution in [3.63, 3.8) is 0 Å². The molecule has 2 aromatic rings. The molecule has 2 rings (SSSR count). The van der Waals surface area contributed by atoms with Gasteiger partial charge in [-0.2, -0.15) is 0 Å². The molecular formula is C13H16N2O. The molecule has 3 nitrogen and oxygen atoms in total. The molecule has 1 aromatic heterocycles. The summed E-state index contributed by atoms with van der Waals surface area (Å²) in [5, 5.41) is 4.10. The number of nitrogens with zero attached hydrogens (tertiary/aromatic N) is 1. The van der Waals surface area contributed by atoms with E-state index < -0.39 is 0 Å². The predicted molar refractivity (Wildman–Crippen MR) is 64.2 cm³/mol. The van der Waals surface area contributed by atoms with E-state index in [0.717, 1.165) is 23.4 Å². The second kappa shape index (κ2) is 4.49. The molecule has 0 radical (unpaired) electrons. The lowest BCUT2D eigenvalue weighted by molar-refractivity contribution is 0.386. The van der Waals surface area contributed by atoms with E-state index in [-0.39, 0.29) is 0 Å². The van der Waals surface area contributed by atoms with Gasteiger partial charge < -0.3 is 10.3 Å². The fourth-order valence-corrected chi connectivity index (χ4v) is 1.91. The van der Waals surface area contributed by atoms with Crippen LogP contribution in [0.15, 0.2) is 28.8 Å². The summed E-state index contributed by atoms with van der Waals surface area (Å²) in [5.41, 5.74) is 9.97. The zero-order valence-corrected chi connectivity index (χ0v) is 9.66. The molecule has 0 unspecified atom stereocenters. The summed E-state index contributed by atoms with van der Waals surface area (Å²) < 4.78 is 5.24. The summed E-state index contributed by atoms with van der Waals surface area (Å²) in [7, 11) is 0. The number of rotatable bonds is 3. The number of hydrogen-bond acceptors (Lipinski definition) is 3. The Balaban J connectivity index is 2.42. The van der Waals surface area contributed by atoms with Gasteiger partial charge in [0.25, 0.3) is 0 Å². The highest BCUT2D eigenvalue weighted by atomic mass is 16.5. The van der Waals surface area contributed by atoms with Crippen molar-refractivity contribution in [2.24, 2.45) is 5.73 Å². The highest BCUT2D eigenvalue weighted by Crippen LogP contribution is 2.26. The molecule has 0 aliphatic heterocycles. The lowest BCUT2D eigenvalue weighted by atomic mass is 10.00. The molecule has 1 aromatic carbocycles. The van der Waals surface area contributed by atoms with Crippen LogP contribution in [0.4, 0.5) is 0 Å². The topological polar surface area (TPSA) is 52.0 Å². The Bertz CT molecular complexity index is 468. The van der Waals surface area contributed by atoms with Gasteiger partial charge in [0.1, 0.15) is 11.5 Å². The lowest BCUT2D eigenvalue weighted by Crippen LogP contribution is -2.01. The molecule has 3 heteroatoms. The quantitative estimate of drug-likeness (QED) is 0.857.